The van der Waals surface area contributed by atoms with E-state index in [0.717, 1.165) is 15.4 Å². The fourth-order valence-electron chi connectivity index (χ4n) is 1.58. The SMILES string of the molecule is Nc1ccc(-c2nc(Cc3ccncc3)no2)s1. The lowest BCUT2D eigenvalue weighted by molar-refractivity contribution is 0.424. The Labute approximate surface area is 107 Å². The Morgan fingerprint density at radius 1 is 1.17 bits per heavy atom. The molecule has 0 atom stereocenters. The van der Waals surface area contributed by atoms with Gasteiger partial charge < -0.3 is 10.3 Å². The second-order valence-corrected chi connectivity index (χ2v) is 4.87. The molecular weight excluding hydrogens is 248 g/mol. The van der Waals surface area contributed by atoms with E-state index in [1.165, 1.54) is 11.3 Å². The van der Waals surface area contributed by atoms with Gasteiger partial charge in [-0.3, -0.25) is 4.98 Å². The molecule has 0 aliphatic heterocycles. The molecule has 0 aliphatic rings. The summed E-state index contributed by atoms with van der Waals surface area (Å²) in [5.74, 6) is 1.17. The molecule has 0 spiro atoms. The summed E-state index contributed by atoms with van der Waals surface area (Å²) in [4.78, 5) is 9.20. The van der Waals surface area contributed by atoms with Crippen molar-refractivity contribution in [3.05, 3.63) is 48.0 Å². The zero-order valence-electron chi connectivity index (χ0n) is 9.41. The maximum atomic E-state index is 5.67. The number of hydrogen-bond acceptors (Lipinski definition) is 6. The molecule has 0 saturated heterocycles. The van der Waals surface area contributed by atoms with E-state index >= 15 is 0 Å². The summed E-state index contributed by atoms with van der Waals surface area (Å²) in [7, 11) is 0. The second kappa shape index (κ2) is 4.58. The van der Waals surface area contributed by atoms with Crippen molar-refractivity contribution in [1.29, 1.82) is 0 Å². The van der Waals surface area contributed by atoms with Crippen molar-refractivity contribution < 1.29 is 4.52 Å². The van der Waals surface area contributed by atoms with Crippen LogP contribution in [-0.4, -0.2) is 15.1 Å². The molecule has 90 valence electrons. The monoisotopic (exact) mass is 258 g/mol. The van der Waals surface area contributed by atoms with E-state index in [1.807, 2.05) is 24.3 Å². The van der Waals surface area contributed by atoms with Crippen molar-refractivity contribution >= 4 is 16.3 Å². The van der Waals surface area contributed by atoms with Gasteiger partial charge in [0.2, 0.25) is 0 Å². The first-order valence-electron chi connectivity index (χ1n) is 5.38. The van der Waals surface area contributed by atoms with Gasteiger partial charge >= 0.3 is 0 Å². The minimum atomic E-state index is 0.515. The number of anilines is 1. The zero-order chi connectivity index (χ0) is 12.4. The van der Waals surface area contributed by atoms with Crippen LogP contribution in [0.2, 0.25) is 0 Å². The number of aromatic nitrogens is 3. The van der Waals surface area contributed by atoms with Crippen LogP contribution in [0.4, 0.5) is 5.00 Å². The van der Waals surface area contributed by atoms with Gasteiger partial charge in [-0.15, -0.1) is 11.3 Å². The highest BCUT2D eigenvalue weighted by atomic mass is 32.1. The number of rotatable bonds is 3. The molecule has 5 nitrogen and oxygen atoms in total. The van der Waals surface area contributed by atoms with E-state index in [9.17, 15) is 0 Å². The molecule has 0 bridgehead atoms. The lowest BCUT2D eigenvalue weighted by Gasteiger charge is -1.93. The smallest absolute Gasteiger partial charge is 0.268 e. The Kier molecular flexibility index (Phi) is 2.77. The molecule has 3 aromatic heterocycles. The predicted molar refractivity (Wildman–Crippen MR) is 69.1 cm³/mol. The summed E-state index contributed by atoms with van der Waals surface area (Å²) < 4.78 is 5.21. The molecule has 3 aromatic rings. The molecule has 18 heavy (non-hydrogen) atoms. The Morgan fingerprint density at radius 2 is 2.00 bits per heavy atom. The van der Waals surface area contributed by atoms with Gasteiger partial charge in [0.25, 0.3) is 5.89 Å². The third-order valence-corrected chi connectivity index (χ3v) is 3.32. The average molecular weight is 258 g/mol. The summed E-state index contributed by atoms with van der Waals surface area (Å²) in [6.07, 6.45) is 4.12. The molecule has 0 aliphatic carbocycles. The molecule has 3 rings (SSSR count). The highest BCUT2D eigenvalue weighted by molar-refractivity contribution is 7.19. The van der Waals surface area contributed by atoms with Crippen LogP contribution in [0.25, 0.3) is 10.8 Å². The van der Waals surface area contributed by atoms with Crippen molar-refractivity contribution in [2.24, 2.45) is 0 Å². The molecular formula is C12H10N4OS. The van der Waals surface area contributed by atoms with Crippen LogP contribution in [0.5, 0.6) is 0 Å². The largest absolute Gasteiger partial charge is 0.391 e. The molecule has 0 radical (unpaired) electrons. The van der Waals surface area contributed by atoms with Gasteiger partial charge in [0.1, 0.15) is 0 Å². The average Bonchev–Trinajstić information content (AvgIpc) is 2.99. The second-order valence-electron chi connectivity index (χ2n) is 3.75. The number of pyridine rings is 1. The van der Waals surface area contributed by atoms with Crippen LogP contribution < -0.4 is 5.73 Å². The van der Waals surface area contributed by atoms with E-state index in [4.69, 9.17) is 10.3 Å². The molecule has 0 amide bonds. The lowest BCUT2D eigenvalue weighted by atomic mass is 10.2. The van der Waals surface area contributed by atoms with Crippen molar-refractivity contribution in [2.75, 3.05) is 5.73 Å². The first kappa shape index (κ1) is 10.9. The van der Waals surface area contributed by atoms with Gasteiger partial charge in [-0.2, -0.15) is 4.98 Å². The van der Waals surface area contributed by atoms with Crippen LogP contribution in [0.1, 0.15) is 11.4 Å². The quantitative estimate of drug-likeness (QED) is 0.780. The maximum Gasteiger partial charge on any atom is 0.268 e. The highest BCUT2D eigenvalue weighted by Gasteiger charge is 2.11. The van der Waals surface area contributed by atoms with Crippen LogP contribution in [-0.2, 0) is 6.42 Å². The number of thiophene rings is 1. The van der Waals surface area contributed by atoms with Crippen molar-refractivity contribution in [2.45, 2.75) is 6.42 Å². The Bertz CT molecular complexity index is 647. The van der Waals surface area contributed by atoms with E-state index in [0.29, 0.717) is 18.1 Å². The third kappa shape index (κ3) is 2.23. The van der Waals surface area contributed by atoms with Gasteiger partial charge in [-0.25, -0.2) is 0 Å². The number of nitrogens with zero attached hydrogens (tertiary/aromatic N) is 3. The van der Waals surface area contributed by atoms with Gasteiger partial charge in [0.15, 0.2) is 5.82 Å². The summed E-state index contributed by atoms with van der Waals surface area (Å²) in [6, 6.07) is 7.56. The fraction of sp³-hybridized carbons (Fsp3) is 0.0833. The van der Waals surface area contributed by atoms with Crippen molar-refractivity contribution in [3.8, 4) is 10.8 Å². The van der Waals surface area contributed by atoms with Gasteiger partial charge in [0.05, 0.1) is 9.88 Å². The van der Waals surface area contributed by atoms with Crippen LogP contribution in [0, 0.1) is 0 Å². The van der Waals surface area contributed by atoms with E-state index < -0.39 is 0 Å². The molecule has 3 heterocycles. The maximum absolute atomic E-state index is 5.67. The number of hydrogen-bond donors (Lipinski definition) is 1. The first-order chi connectivity index (χ1) is 8.81. The van der Waals surface area contributed by atoms with Gasteiger partial charge in [-0.1, -0.05) is 5.16 Å². The summed E-state index contributed by atoms with van der Waals surface area (Å²) >= 11 is 1.43. The zero-order valence-corrected chi connectivity index (χ0v) is 10.2. The molecule has 0 aromatic carbocycles. The van der Waals surface area contributed by atoms with Gasteiger partial charge in [-0.05, 0) is 29.8 Å². The summed E-state index contributed by atoms with van der Waals surface area (Å²) in [5.41, 5.74) is 6.77. The molecule has 0 fully saturated rings. The Morgan fingerprint density at radius 3 is 2.72 bits per heavy atom. The predicted octanol–water partition coefficient (Wildman–Crippen LogP) is 2.37. The minimum absolute atomic E-state index is 0.515. The summed E-state index contributed by atoms with van der Waals surface area (Å²) in [5, 5.41) is 4.69. The van der Waals surface area contributed by atoms with Crippen molar-refractivity contribution in [3.63, 3.8) is 0 Å². The topological polar surface area (TPSA) is 77.8 Å². The molecule has 6 heteroatoms. The minimum Gasteiger partial charge on any atom is -0.391 e. The normalized spacial score (nSPS) is 10.7. The Balaban J connectivity index is 1.82. The first-order valence-corrected chi connectivity index (χ1v) is 6.20. The summed E-state index contributed by atoms with van der Waals surface area (Å²) in [6.45, 7) is 0. The van der Waals surface area contributed by atoms with Crippen LogP contribution in [0.15, 0.2) is 41.2 Å². The van der Waals surface area contributed by atoms with E-state index in [-0.39, 0.29) is 0 Å². The molecule has 0 saturated carbocycles. The van der Waals surface area contributed by atoms with E-state index in [1.54, 1.807) is 12.4 Å². The fourth-order valence-corrected chi connectivity index (χ4v) is 2.27. The molecule has 0 unspecified atom stereocenters. The third-order valence-electron chi connectivity index (χ3n) is 2.42. The van der Waals surface area contributed by atoms with Gasteiger partial charge in [0, 0.05) is 18.8 Å². The number of nitrogens with two attached hydrogens (primary N) is 1. The lowest BCUT2D eigenvalue weighted by Crippen LogP contribution is -1.90. The Hall–Kier alpha value is -2.21. The van der Waals surface area contributed by atoms with Crippen molar-refractivity contribution in [1.82, 2.24) is 15.1 Å². The van der Waals surface area contributed by atoms with E-state index in [2.05, 4.69) is 15.1 Å². The molecule has 2 N–H and O–H groups in total. The standard InChI is InChI=1S/C12H10N4OS/c13-10-2-1-9(18-10)12-15-11(16-17-12)7-8-3-5-14-6-4-8/h1-6H,7,13H2. The van der Waals surface area contributed by atoms with Crippen LogP contribution >= 0.6 is 11.3 Å². The number of nitrogen functional groups attached to an aromatic ring is 1. The van der Waals surface area contributed by atoms with Crippen LogP contribution in [0.3, 0.4) is 0 Å². The highest BCUT2D eigenvalue weighted by Crippen LogP contribution is 2.28.